The molecule has 0 atom stereocenters. The molecule has 3 aromatic rings. The van der Waals surface area contributed by atoms with E-state index in [9.17, 15) is 4.79 Å². The van der Waals surface area contributed by atoms with Crippen molar-refractivity contribution >= 4 is 11.6 Å². The van der Waals surface area contributed by atoms with Crippen LogP contribution in [0.4, 0.5) is 5.69 Å². The third kappa shape index (κ3) is 3.38. The minimum Gasteiger partial charge on any atom is -0.319 e. The van der Waals surface area contributed by atoms with Crippen molar-refractivity contribution in [1.82, 2.24) is 14.8 Å². The Hall–Kier alpha value is -2.95. The fraction of sp³-hybridized carbons (Fsp3) is 0.118. The van der Waals surface area contributed by atoms with E-state index in [2.05, 4.69) is 15.4 Å². The second kappa shape index (κ2) is 6.22. The molecular weight excluding hydrogens is 276 g/mol. The van der Waals surface area contributed by atoms with Crippen molar-refractivity contribution in [2.45, 2.75) is 13.5 Å². The van der Waals surface area contributed by atoms with Gasteiger partial charge in [0, 0.05) is 24.2 Å². The summed E-state index contributed by atoms with van der Waals surface area (Å²) < 4.78 is 1.78. The number of nitrogens with zero attached hydrogens (tertiary/aromatic N) is 3. The van der Waals surface area contributed by atoms with Crippen LogP contribution < -0.4 is 5.32 Å². The summed E-state index contributed by atoms with van der Waals surface area (Å²) in [5.41, 5.74) is 3.48. The second-order valence-electron chi connectivity index (χ2n) is 5.11. The van der Waals surface area contributed by atoms with Gasteiger partial charge in [-0.3, -0.25) is 14.5 Å². The van der Waals surface area contributed by atoms with Crippen molar-refractivity contribution in [3.8, 4) is 0 Å². The topological polar surface area (TPSA) is 59.8 Å². The zero-order valence-electron chi connectivity index (χ0n) is 12.2. The van der Waals surface area contributed by atoms with Gasteiger partial charge in [0.1, 0.15) is 0 Å². The summed E-state index contributed by atoms with van der Waals surface area (Å²) in [6.07, 6.45) is 6.96. The van der Waals surface area contributed by atoms with Gasteiger partial charge in [0.25, 0.3) is 5.91 Å². The number of aryl methyl sites for hydroxylation is 1. The van der Waals surface area contributed by atoms with Gasteiger partial charge in [-0.25, -0.2) is 0 Å². The number of hydrogen-bond acceptors (Lipinski definition) is 3. The number of carbonyl (C=O) groups excluding carboxylic acids is 1. The lowest BCUT2D eigenvalue weighted by molar-refractivity contribution is 0.102. The van der Waals surface area contributed by atoms with Gasteiger partial charge in [0.05, 0.1) is 18.4 Å². The molecule has 0 spiro atoms. The molecule has 3 rings (SSSR count). The Morgan fingerprint density at radius 2 is 2.05 bits per heavy atom. The number of hydrogen-bond donors (Lipinski definition) is 1. The minimum absolute atomic E-state index is 0.132. The number of amides is 1. The van der Waals surface area contributed by atoms with E-state index in [4.69, 9.17) is 0 Å². The van der Waals surface area contributed by atoms with Gasteiger partial charge in [0.2, 0.25) is 0 Å². The molecule has 0 unspecified atom stereocenters. The highest BCUT2D eigenvalue weighted by Gasteiger charge is 2.07. The molecule has 22 heavy (non-hydrogen) atoms. The number of pyridine rings is 1. The largest absolute Gasteiger partial charge is 0.319 e. The first-order valence-electron chi connectivity index (χ1n) is 7.00. The zero-order valence-corrected chi connectivity index (χ0v) is 12.2. The quantitative estimate of drug-likeness (QED) is 0.804. The molecule has 110 valence electrons. The Bertz CT molecular complexity index is 780. The molecule has 0 saturated heterocycles. The monoisotopic (exact) mass is 292 g/mol. The maximum Gasteiger partial charge on any atom is 0.255 e. The highest BCUT2D eigenvalue weighted by molar-refractivity contribution is 6.04. The summed E-state index contributed by atoms with van der Waals surface area (Å²) in [5, 5.41) is 7.11. The highest BCUT2D eigenvalue weighted by Crippen LogP contribution is 2.11. The lowest BCUT2D eigenvalue weighted by Crippen LogP contribution is -2.11. The fourth-order valence-electron chi connectivity index (χ4n) is 2.18. The van der Waals surface area contributed by atoms with E-state index in [1.54, 1.807) is 29.3 Å². The zero-order chi connectivity index (χ0) is 15.4. The normalized spacial score (nSPS) is 10.4. The number of carbonyl (C=O) groups is 1. The van der Waals surface area contributed by atoms with Crippen LogP contribution in [-0.2, 0) is 6.54 Å². The van der Waals surface area contributed by atoms with Crippen molar-refractivity contribution in [3.63, 3.8) is 0 Å². The van der Waals surface area contributed by atoms with Crippen molar-refractivity contribution in [2.75, 3.05) is 5.32 Å². The van der Waals surface area contributed by atoms with Gasteiger partial charge in [-0.2, -0.15) is 5.10 Å². The van der Waals surface area contributed by atoms with Crippen molar-refractivity contribution < 1.29 is 4.79 Å². The number of benzene rings is 1. The summed E-state index contributed by atoms with van der Waals surface area (Å²) in [6.45, 7) is 2.60. The number of nitrogens with one attached hydrogen (secondary N) is 1. The van der Waals surface area contributed by atoms with E-state index in [-0.39, 0.29) is 5.91 Å². The first-order chi connectivity index (χ1) is 10.7. The standard InChI is InChI=1S/C17H16N4O/c1-13-3-2-4-15(9-13)17(22)20-16-10-19-21(12-16)11-14-5-7-18-8-6-14/h2-10,12H,11H2,1H3,(H,20,22). The average Bonchev–Trinajstić information content (AvgIpc) is 2.95. The molecule has 0 bridgehead atoms. The van der Waals surface area contributed by atoms with Crippen LogP contribution in [0.1, 0.15) is 21.5 Å². The molecule has 2 aromatic heterocycles. The summed E-state index contributed by atoms with van der Waals surface area (Å²) in [4.78, 5) is 16.2. The predicted octanol–water partition coefficient (Wildman–Crippen LogP) is 2.89. The maximum atomic E-state index is 12.2. The SMILES string of the molecule is Cc1cccc(C(=O)Nc2cnn(Cc3ccncc3)c2)c1. The number of aromatic nitrogens is 3. The summed E-state index contributed by atoms with van der Waals surface area (Å²) in [5.74, 6) is -0.132. The van der Waals surface area contributed by atoms with Crippen molar-refractivity contribution in [3.05, 3.63) is 77.9 Å². The van der Waals surface area contributed by atoms with E-state index in [1.165, 1.54) is 0 Å². The Balaban J connectivity index is 1.68. The number of anilines is 1. The van der Waals surface area contributed by atoms with Gasteiger partial charge >= 0.3 is 0 Å². The molecule has 0 aliphatic heterocycles. The average molecular weight is 292 g/mol. The lowest BCUT2D eigenvalue weighted by Gasteiger charge is -2.03. The summed E-state index contributed by atoms with van der Waals surface area (Å²) in [6, 6.07) is 11.4. The van der Waals surface area contributed by atoms with E-state index in [0.717, 1.165) is 11.1 Å². The van der Waals surface area contributed by atoms with Crippen molar-refractivity contribution in [2.24, 2.45) is 0 Å². The van der Waals surface area contributed by atoms with Crippen LogP contribution in [0, 0.1) is 6.92 Å². The van der Waals surface area contributed by atoms with Gasteiger partial charge in [-0.05, 0) is 36.8 Å². The highest BCUT2D eigenvalue weighted by atomic mass is 16.1. The molecule has 0 aliphatic carbocycles. The summed E-state index contributed by atoms with van der Waals surface area (Å²) >= 11 is 0. The Morgan fingerprint density at radius 3 is 2.82 bits per heavy atom. The van der Waals surface area contributed by atoms with E-state index < -0.39 is 0 Å². The maximum absolute atomic E-state index is 12.2. The van der Waals surface area contributed by atoms with Crippen LogP contribution in [-0.4, -0.2) is 20.7 Å². The first-order valence-corrected chi connectivity index (χ1v) is 7.00. The molecule has 0 fully saturated rings. The van der Waals surface area contributed by atoms with E-state index in [1.807, 2.05) is 43.5 Å². The van der Waals surface area contributed by atoms with E-state index >= 15 is 0 Å². The van der Waals surface area contributed by atoms with Gasteiger partial charge in [0.15, 0.2) is 0 Å². The molecule has 0 aliphatic rings. The van der Waals surface area contributed by atoms with Gasteiger partial charge in [-0.1, -0.05) is 17.7 Å². The molecule has 1 aromatic carbocycles. The van der Waals surface area contributed by atoms with Crippen LogP contribution >= 0.6 is 0 Å². The Kier molecular flexibility index (Phi) is 3.96. The van der Waals surface area contributed by atoms with E-state index in [0.29, 0.717) is 17.8 Å². The molecule has 5 heteroatoms. The smallest absolute Gasteiger partial charge is 0.255 e. The summed E-state index contributed by atoms with van der Waals surface area (Å²) in [7, 11) is 0. The fourth-order valence-corrected chi connectivity index (χ4v) is 2.18. The lowest BCUT2D eigenvalue weighted by atomic mass is 10.1. The molecule has 1 amide bonds. The minimum atomic E-state index is -0.132. The molecule has 5 nitrogen and oxygen atoms in total. The molecule has 1 N–H and O–H groups in total. The molecule has 0 saturated carbocycles. The van der Waals surface area contributed by atoms with Crippen LogP contribution in [0.25, 0.3) is 0 Å². The van der Waals surface area contributed by atoms with Crippen LogP contribution in [0.2, 0.25) is 0 Å². The van der Waals surface area contributed by atoms with Crippen LogP contribution in [0.15, 0.2) is 61.2 Å². The van der Waals surface area contributed by atoms with Crippen LogP contribution in [0.5, 0.6) is 0 Å². The van der Waals surface area contributed by atoms with Crippen molar-refractivity contribution in [1.29, 1.82) is 0 Å². The number of rotatable bonds is 4. The first kappa shape index (κ1) is 14.0. The molecule has 2 heterocycles. The van der Waals surface area contributed by atoms with Crippen LogP contribution in [0.3, 0.4) is 0 Å². The predicted molar refractivity (Wildman–Crippen MR) is 84.7 cm³/mol. The molecule has 0 radical (unpaired) electrons. The Labute approximate surface area is 128 Å². The van der Waals surface area contributed by atoms with Gasteiger partial charge in [-0.15, -0.1) is 0 Å². The van der Waals surface area contributed by atoms with Gasteiger partial charge < -0.3 is 5.32 Å². The third-order valence-electron chi connectivity index (χ3n) is 3.27. The third-order valence-corrected chi connectivity index (χ3v) is 3.27. The second-order valence-corrected chi connectivity index (χ2v) is 5.11. The molecular formula is C17H16N4O. The Morgan fingerprint density at radius 1 is 1.23 bits per heavy atom.